The summed E-state index contributed by atoms with van der Waals surface area (Å²) >= 11 is 0. The molecule has 30 heavy (non-hydrogen) atoms. The van der Waals surface area contributed by atoms with Crippen molar-refractivity contribution in [2.45, 2.75) is 39.8 Å². The molecule has 1 unspecified atom stereocenters. The highest BCUT2D eigenvalue weighted by atomic mass is 16.6. The average Bonchev–Trinajstić information content (AvgIpc) is 3.19. The van der Waals surface area contributed by atoms with E-state index in [0.717, 1.165) is 39.8 Å². The molecule has 1 atom stereocenters. The number of aromatic nitrogens is 2. The minimum Gasteiger partial charge on any atom is -0.439 e. The summed E-state index contributed by atoms with van der Waals surface area (Å²) in [6, 6.07) is 18.2. The average molecular weight is 396 g/mol. The number of fused-ring (bicyclic) bond motifs is 2. The van der Waals surface area contributed by atoms with Crippen LogP contribution < -0.4 is 0 Å². The quantitative estimate of drug-likeness (QED) is 0.433. The van der Waals surface area contributed by atoms with Gasteiger partial charge in [-0.2, -0.15) is 0 Å². The van der Waals surface area contributed by atoms with E-state index in [1.807, 2.05) is 18.2 Å². The fourth-order valence-corrected chi connectivity index (χ4v) is 5.07. The Balaban J connectivity index is 1.98. The van der Waals surface area contributed by atoms with Crippen molar-refractivity contribution in [1.29, 1.82) is 0 Å². The molecule has 0 aliphatic carbocycles. The Morgan fingerprint density at radius 1 is 1.03 bits per heavy atom. The monoisotopic (exact) mass is 396 g/mol. The predicted molar refractivity (Wildman–Crippen MR) is 118 cm³/mol. The highest BCUT2D eigenvalue weighted by Crippen LogP contribution is 2.50. The number of rotatable bonds is 3. The first kappa shape index (κ1) is 18.6. The number of ether oxygens (including phenoxy) is 1. The van der Waals surface area contributed by atoms with Crippen molar-refractivity contribution in [2.24, 2.45) is 0 Å². The first-order valence-corrected chi connectivity index (χ1v) is 10.3. The van der Waals surface area contributed by atoms with Gasteiger partial charge >= 0.3 is 5.97 Å². The maximum Gasteiger partial charge on any atom is 0.341 e. The third-order valence-electron chi connectivity index (χ3n) is 6.27. The minimum atomic E-state index is -1.07. The van der Waals surface area contributed by atoms with Crippen LogP contribution in [0.2, 0.25) is 0 Å². The Kier molecular flexibility index (Phi) is 4.07. The zero-order valence-electron chi connectivity index (χ0n) is 17.7. The topological polar surface area (TPSA) is 44.1 Å². The van der Waals surface area contributed by atoms with Gasteiger partial charge in [-0.05, 0) is 51.5 Å². The molecule has 0 saturated heterocycles. The molecule has 1 aliphatic heterocycles. The van der Waals surface area contributed by atoms with Crippen LogP contribution in [0.5, 0.6) is 0 Å². The predicted octanol–water partition coefficient (Wildman–Crippen LogP) is 5.44. The molecule has 4 aromatic rings. The molecule has 4 heteroatoms. The van der Waals surface area contributed by atoms with Crippen molar-refractivity contribution in [2.75, 3.05) is 0 Å². The van der Waals surface area contributed by atoms with Crippen molar-refractivity contribution in [1.82, 2.24) is 9.55 Å². The summed E-state index contributed by atoms with van der Waals surface area (Å²) in [5, 5.41) is 1.09. The lowest BCUT2D eigenvalue weighted by Crippen LogP contribution is -2.32. The molecule has 0 N–H and O–H groups in total. The highest BCUT2D eigenvalue weighted by molar-refractivity contribution is 5.98. The molecule has 5 rings (SSSR count). The van der Waals surface area contributed by atoms with E-state index in [1.165, 1.54) is 5.56 Å². The zero-order valence-corrected chi connectivity index (χ0v) is 17.7. The van der Waals surface area contributed by atoms with Gasteiger partial charge in [0.15, 0.2) is 0 Å². The van der Waals surface area contributed by atoms with Crippen LogP contribution in [0.25, 0.3) is 10.9 Å². The molecule has 0 radical (unpaired) electrons. The normalized spacial score (nSPS) is 17.9. The van der Waals surface area contributed by atoms with Gasteiger partial charge in [-0.15, -0.1) is 0 Å². The van der Waals surface area contributed by atoms with Crippen LogP contribution in [0, 0.1) is 20.8 Å². The Morgan fingerprint density at radius 3 is 2.60 bits per heavy atom. The fourth-order valence-electron chi connectivity index (χ4n) is 5.07. The molecule has 3 heterocycles. The van der Waals surface area contributed by atoms with Crippen LogP contribution in [0.3, 0.4) is 0 Å². The van der Waals surface area contributed by atoms with E-state index in [1.54, 1.807) is 12.3 Å². The van der Waals surface area contributed by atoms with E-state index in [9.17, 15) is 4.79 Å². The number of hydrogen-bond donors (Lipinski definition) is 0. The molecule has 2 aromatic carbocycles. The molecule has 150 valence electrons. The van der Waals surface area contributed by atoms with Gasteiger partial charge < -0.3 is 9.30 Å². The molecule has 1 aliphatic rings. The fraction of sp³-hybridized carbons (Fsp3) is 0.231. The van der Waals surface area contributed by atoms with Crippen molar-refractivity contribution >= 4 is 16.9 Å². The molecule has 0 bridgehead atoms. The zero-order chi connectivity index (χ0) is 21.0. The second-order valence-electron chi connectivity index (χ2n) is 8.01. The third kappa shape index (κ3) is 2.34. The van der Waals surface area contributed by atoms with Crippen LogP contribution in [-0.2, 0) is 16.9 Å². The van der Waals surface area contributed by atoms with E-state index in [2.05, 4.69) is 62.6 Å². The van der Waals surface area contributed by atoms with E-state index in [-0.39, 0.29) is 5.97 Å². The first-order valence-electron chi connectivity index (χ1n) is 10.3. The molecule has 2 aromatic heterocycles. The minimum absolute atomic E-state index is 0.328. The Morgan fingerprint density at radius 2 is 1.83 bits per heavy atom. The number of cyclic esters (lactones) is 1. The molecular weight excluding hydrogens is 372 g/mol. The smallest absolute Gasteiger partial charge is 0.341 e. The maximum absolute atomic E-state index is 13.1. The standard InChI is InChI=1S/C26H24N2O2/c1-5-28-18(4)23(19-9-6-7-11-22(19)28)26(21-13-12-16(2)15-17(21)3)24-20(25(29)30-26)10-8-14-27-24/h6-15H,5H2,1-4H3. The lowest BCUT2D eigenvalue weighted by molar-refractivity contribution is 0.0244. The van der Waals surface area contributed by atoms with E-state index in [4.69, 9.17) is 9.72 Å². The molecular formula is C26H24N2O2. The Bertz CT molecular complexity index is 1320. The summed E-state index contributed by atoms with van der Waals surface area (Å²) in [5.41, 5.74) is 6.56. The summed E-state index contributed by atoms with van der Waals surface area (Å²) in [6.07, 6.45) is 1.74. The van der Waals surface area contributed by atoms with Gasteiger partial charge in [0.25, 0.3) is 0 Å². The van der Waals surface area contributed by atoms with Gasteiger partial charge in [0.05, 0.1) is 5.56 Å². The van der Waals surface area contributed by atoms with Crippen LogP contribution in [0.15, 0.2) is 60.8 Å². The van der Waals surface area contributed by atoms with E-state index < -0.39 is 5.60 Å². The SMILES string of the molecule is CCn1c(C)c(C2(c3ccc(C)cc3C)OC(=O)c3cccnc32)c2ccccc21. The summed E-state index contributed by atoms with van der Waals surface area (Å²) in [5.74, 6) is -0.328. The number of para-hydroxylation sites is 1. The number of carbonyl (C=O) groups excluding carboxylic acids is 1. The van der Waals surface area contributed by atoms with Gasteiger partial charge in [-0.3, -0.25) is 4.98 Å². The lowest BCUT2D eigenvalue weighted by atomic mass is 9.79. The van der Waals surface area contributed by atoms with Gasteiger partial charge in [0.2, 0.25) is 5.60 Å². The summed E-state index contributed by atoms with van der Waals surface area (Å²) in [4.78, 5) is 17.8. The maximum atomic E-state index is 13.1. The number of hydrogen-bond acceptors (Lipinski definition) is 3. The summed E-state index contributed by atoms with van der Waals surface area (Å²) in [7, 11) is 0. The van der Waals surface area contributed by atoms with Crippen LogP contribution in [0.4, 0.5) is 0 Å². The van der Waals surface area contributed by atoms with E-state index in [0.29, 0.717) is 11.3 Å². The van der Waals surface area contributed by atoms with Gasteiger partial charge in [-0.1, -0.05) is 42.0 Å². The molecule has 0 saturated carbocycles. The van der Waals surface area contributed by atoms with Crippen molar-refractivity contribution < 1.29 is 9.53 Å². The van der Waals surface area contributed by atoms with Gasteiger partial charge in [0.1, 0.15) is 5.69 Å². The highest BCUT2D eigenvalue weighted by Gasteiger charge is 2.52. The van der Waals surface area contributed by atoms with Crippen molar-refractivity contribution in [3.8, 4) is 0 Å². The number of nitrogens with zero attached hydrogens (tertiary/aromatic N) is 2. The lowest BCUT2D eigenvalue weighted by Gasteiger charge is -2.31. The van der Waals surface area contributed by atoms with Crippen LogP contribution in [0.1, 0.15) is 50.9 Å². The number of benzene rings is 2. The van der Waals surface area contributed by atoms with Crippen molar-refractivity contribution in [3.63, 3.8) is 0 Å². The number of aryl methyl sites for hydroxylation is 3. The number of esters is 1. The van der Waals surface area contributed by atoms with Gasteiger partial charge in [-0.25, -0.2) is 4.79 Å². The Labute approximate surface area is 176 Å². The van der Waals surface area contributed by atoms with Crippen molar-refractivity contribution in [3.05, 3.63) is 100.0 Å². The summed E-state index contributed by atoms with van der Waals surface area (Å²) in [6.45, 7) is 9.23. The van der Waals surface area contributed by atoms with Gasteiger partial charge in [0, 0.05) is 40.5 Å². The third-order valence-corrected chi connectivity index (χ3v) is 6.27. The largest absolute Gasteiger partial charge is 0.439 e. The van der Waals surface area contributed by atoms with E-state index >= 15 is 0 Å². The molecule has 0 amide bonds. The molecule has 0 spiro atoms. The number of pyridine rings is 1. The first-order chi connectivity index (χ1) is 14.5. The summed E-state index contributed by atoms with van der Waals surface area (Å²) < 4.78 is 8.63. The number of carbonyl (C=O) groups is 1. The molecule has 0 fully saturated rings. The van der Waals surface area contributed by atoms with Crippen LogP contribution in [-0.4, -0.2) is 15.5 Å². The molecule has 4 nitrogen and oxygen atoms in total. The second-order valence-corrected chi connectivity index (χ2v) is 8.01. The Hall–Kier alpha value is -3.40. The second kappa shape index (κ2) is 6.56. The van der Waals surface area contributed by atoms with Crippen LogP contribution >= 0.6 is 0 Å².